The number of aromatic carboxylic acids is 1. The van der Waals surface area contributed by atoms with Crippen LogP contribution in [0.5, 0.6) is 0 Å². The monoisotopic (exact) mass is 247 g/mol. The van der Waals surface area contributed by atoms with E-state index in [2.05, 4.69) is 4.98 Å². The Bertz CT molecular complexity index is 564. The highest BCUT2D eigenvalue weighted by Gasteiger charge is 2.16. The first-order chi connectivity index (χ1) is 8.09. The Labute approximate surface area is 104 Å². The molecular weight excluding hydrogens is 238 g/mol. The molecule has 2 aromatic rings. The van der Waals surface area contributed by atoms with Gasteiger partial charge in [-0.2, -0.15) is 0 Å². The molecule has 1 aromatic carbocycles. The third kappa shape index (κ3) is 2.29. The maximum Gasteiger partial charge on any atom is 0.339 e. The van der Waals surface area contributed by atoms with Crippen LogP contribution in [0.1, 0.15) is 15.9 Å². The third-order valence-corrected chi connectivity index (χ3v) is 2.77. The van der Waals surface area contributed by atoms with Gasteiger partial charge in [0.25, 0.3) is 0 Å². The van der Waals surface area contributed by atoms with E-state index in [0.29, 0.717) is 5.56 Å². The number of carboxylic acids is 1. The van der Waals surface area contributed by atoms with Crippen LogP contribution in [0.15, 0.2) is 36.5 Å². The zero-order valence-corrected chi connectivity index (χ0v) is 9.90. The maximum absolute atomic E-state index is 11.2. The zero-order valence-electron chi connectivity index (χ0n) is 9.14. The Morgan fingerprint density at radius 3 is 2.47 bits per heavy atom. The Balaban J connectivity index is 2.63. The number of halogens is 1. The molecule has 0 spiro atoms. The summed E-state index contributed by atoms with van der Waals surface area (Å²) < 4.78 is 0. The maximum atomic E-state index is 11.2. The Hall–Kier alpha value is -1.87. The van der Waals surface area contributed by atoms with Crippen LogP contribution in [-0.4, -0.2) is 16.1 Å². The summed E-state index contributed by atoms with van der Waals surface area (Å²) in [6, 6.07) is 9.24. The predicted molar refractivity (Wildman–Crippen MR) is 66.4 cm³/mol. The topological polar surface area (TPSA) is 50.2 Å². The van der Waals surface area contributed by atoms with Gasteiger partial charge in [0.2, 0.25) is 0 Å². The van der Waals surface area contributed by atoms with Gasteiger partial charge in [0.05, 0.1) is 0 Å². The molecule has 2 rings (SSSR count). The van der Waals surface area contributed by atoms with E-state index in [9.17, 15) is 4.79 Å². The molecule has 0 bridgehead atoms. The lowest BCUT2D eigenvalue weighted by molar-refractivity contribution is 0.0697. The first-order valence-electron chi connectivity index (χ1n) is 5.04. The van der Waals surface area contributed by atoms with E-state index in [1.54, 1.807) is 6.07 Å². The van der Waals surface area contributed by atoms with Gasteiger partial charge in [-0.15, -0.1) is 0 Å². The van der Waals surface area contributed by atoms with Crippen molar-refractivity contribution in [2.45, 2.75) is 6.92 Å². The molecule has 0 amide bonds. The summed E-state index contributed by atoms with van der Waals surface area (Å²) in [6.07, 6.45) is 1.50. The molecule has 1 heterocycles. The fourth-order valence-electron chi connectivity index (χ4n) is 1.61. The second kappa shape index (κ2) is 4.55. The van der Waals surface area contributed by atoms with Crippen molar-refractivity contribution in [3.8, 4) is 11.1 Å². The number of nitrogens with zero attached hydrogens (tertiary/aromatic N) is 1. The van der Waals surface area contributed by atoms with Gasteiger partial charge in [0, 0.05) is 11.8 Å². The zero-order chi connectivity index (χ0) is 12.4. The van der Waals surface area contributed by atoms with Crippen LogP contribution >= 0.6 is 11.6 Å². The number of pyridine rings is 1. The van der Waals surface area contributed by atoms with E-state index in [4.69, 9.17) is 16.7 Å². The molecule has 0 aliphatic rings. The van der Waals surface area contributed by atoms with Gasteiger partial charge in [-0.3, -0.25) is 0 Å². The van der Waals surface area contributed by atoms with Crippen LogP contribution in [0.25, 0.3) is 11.1 Å². The van der Waals surface area contributed by atoms with Crippen molar-refractivity contribution in [3.05, 3.63) is 52.8 Å². The average molecular weight is 248 g/mol. The van der Waals surface area contributed by atoms with Crippen LogP contribution in [0, 0.1) is 6.92 Å². The predicted octanol–water partition coefficient (Wildman–Crippen LogP) is 3.41. The number of hydrogen-bond acceptors (Lipinski definition) is 2. The van der Waals surface area contributed by atoms with E-state index < -0.39 is 5.97 Å². The van der Waals surface area contributed by atoms with Crippen LogP contribution in [0.2, 0.25) is 5.15 Å². The van der Waals surface area contributed by atoms with Gasteiger partial charge in [-0.25, -0.2) is 9.78 Å². The van der Waals surface area contributed by atoms with Gasteiger partial charge in [-0.05, 0) is 18.6 Å². The fraction of sp³-hybridized carbons (Fsp3) is 0.0769. The Morgan fingerprint density at radius 1 is 1.24 bits per heavy atom. The SMILES string of the molecule is Cc1ccc(-c2ccnc(Cl)c2C(=O)O)cc1. The molecule has 0 aliphatic heterocycles. The molecule has 0 unspecified atom stereocenters. The summed E-state index contributed by atoms with van der Waals surface area (Å²) in [5, 5.41) is 9.15. The van der Waals surface area contributed by atoms with E-state index in [-0.39, 0.29) is 10.7 Å². The quantitative estimate of drug-likeness (QED) is 0.828. The normalized spacial score (nSPS) is 10.2. The van der Waals surface area contributed by atoms with Gasteiger partial charge in [0.15, 0.2) is 0 Å². The summed E-state index contributed by atoms with van der Waals surface area (Å²) in [5.41, 5.74) is 2.55. The number of aryl methyl sites for hydroxylation is 1. The van der Waals surface area contributed by atoms with Crippen LogP contribution in [0.3, 0.4) is 0 Å². The van der Waals surface area contributed by atoms with E-state index in [0.717, 1.165) is 11.1 Å². The number of benzene rings is 1. The number of rotatable bonds is 2. The van der Waals surface area contributed by atoms with Crippen molar-refractivity contribution in [2.75, 3.05) is 0 Å². The largest absolute Gasteiger partial charge is 0.478 e. The smallest absolute Gasteiger partial charge is 0.339 e. The molecule has 0 aliphatic carbocycles. The number of carboxylic acid groups (broad SMARTS) is 1. The molecule has 0 saturated carbocycles. The molecule has 0 saturated heterocycles. The minimum atomic E-state index is -1.07. The molecule has 86 valence electrons. The van der Waals surface area contributed by atoms with Crippen molar-refractivity contribution in [1.82, 2.24) is 4.98 Å². The highest BCUT2D eigenvalue weighted by atomic mass is 35.5. The van der Waals surface area contributed by atoms with Gasteiger partial charge < -0.3 is 5.11 Å². The molecule has 1 aromatic heterocycles. The number of hydrogen-bond donors (Lipinski definition) is 1. The average Bonchev–Trinajstić information content (AvgIpc) is 2.29. The molecule has 1 N–H and O–H groups in total. The fourth-order valence-corrected chi connectivity index (χ4v) is 1.85. The standard InChI is InChI=1S/C13H10ClNO2/c1-8-2-4-9(5-3-8)10-6-7-15-12(14)11(10)13(16)17/h2-7H,1H3,(H,16,17). The summed E-state index contributed by atoms with van der Waals surface area (Å²) in [7, 11) is 0. The highest BCUT2D eigenvalue weighted by molar-refractivity contribution is 6.33. The summed E-state index contributed by atoms with van der Waals surface area (Å²) in [5.74, 6) is -1.07. The van der Waals surface area contributed by atoms with Crippen molar-refractivity contribution in [1.29, 1.82) is 0 Å². The van der Waals surface area contributed by atoms with E-state index in [1.165, 1.54) is 6.20 Å². The Morgan fingerprint density at radius 2 is 1.88 bits per heavy atom. The lowest BCUT2D eigenvalue weighted by Gasteiger charge is -2.07. The van der Waals surface area contributed by atoms with Crippen molar-refractivity contribution in [2.24, 2.45) is 0 Å². The van der Waals surface area contributed by atoms with Crippen LogP contribution in [-0.2, 0) is 0 Å². The lowest BCUT2D eigenvalue weighted by atomic mass is 10.0. The second-order valence-corrected chi connectivity index (χ2v) is 4.05. The number of carbonyl (C=O) groups is 1. The van der Waals surface area contributed by atoms with Crippen molar-refractivity contribution >= 4 is 17.6 Å². The number of aromatic nitrogens is 1. The molecule has 3 nitrogen and oxygen atoms in total. The summed E-state index contributed by atoms with van der Waals surface area (Å²) >= 11 is 5.81. The van der Waals surface area contributed by atoms with Gasteiger partial charge >= 0.3 is 5.97 Å². The first-order valence-corrected chi connectivity index (χ1v) is 5.42. The van der Waals surface area contributed by atoms with E-state index >= 15 is 0 Å². The highest BCUT2D eigenvalue weighted by Crippen LogP contribution is 2.27. The first kappa shape index (κ1) is 11.6. The minimum Gasteiger partial charge on any atom is -0.478 e. The van der Waals surface area contributed by atoms with Crippen LogP contribution < -0.4 is 0 Å². The third-order valence-electron chi connectivity index (χ3n) is 2.48. The molecule has 4 heteroatoms. The molecule has 17 heavy (non-hydrogen) atoms. The van der Waals surface area contributed by atoms with Crippen molar-refractivity contribution < 1.29 is 9.90 Å². The minimum absolute atomic E-state index is 0.00979. The molecule has 0 atom stereocenters. The van der Waals surface area contributed by atoms with Crippen LogP contribution in [0.4, 0.5) is 0 Å². The van der Waals surface area contributed by atoms with Crippen molar-refractivity contribution in [3.63, 3.8) is 0 Å². The lowest BCUT2D eigenvalue weighted by Crippen LogP contribution is -2.02. The van der Waals surface area contributed by atoms with Gasteiger partial charge in [0.1, 0.15) is 10.7 Å². The van der Waals surface area contributed by atoms with E-state index in [1.807, 2.05) is 31.2 Å². The summed E-state index contributed by atoms with van der Waals surface area (Å²) in [4.78, 5) is 14.9. The second-order valence-electron chi connectivity index (χ2n) is 3.70. The molecule has 0 fully saturated rings. The Kier molecular flexibility index (Phi) is 3.11. The summed E-state index contributed by atoms with van der Waals surface area (Å²) in [6.45, 7) is 1.97. The van der Waals surface area contributed by atoms with Gasteiger partial charge in [-0.1, -0.05) is 41.4 Å². The molecule has 0 radical (unpaired) electrons. The molecular formula is C13H10ClNO2.